The van der Waals surface area contributed by atoms with E-state index in [9.17, 15) is 0 Å². The predicted octanol–water partition coefficient (Wildman–Crippen LogP) is 7.41. The summed E-state index contributed by atoms with van der Waals surface area (Å²) in [7, 11) is 0. The van der Waals surface area contributed by atoms with E-state index in [1.807, 2.05) is 0 Å². The fourth-order valence-electron chi connectivity index (χ4n) is 3.72. The molecule has 0 spiro atoms. The molecule has 0 amide bonds. The van der Waals surface area contributed by atoms with Gasteiger partial charge in [0.05, 0.1) is 0 Å². The standard InChI is InChI=1S/C24H44N/c1-3-5-6-7-8-9-10-11-12-13-14-15-16-17-18-21-24-22-19-20-23-25(24)4-2/h19-20,22-23H,3-18,21H2,1-2H3/q+1. The molecule has 0 aliphatic rings. The molecule has 0 saturated heterocycles. The SMILES string of the molecule is CCCCCCCCCCCCCCCCCc1cccc[n+]1CC. The Bertz CT molecular complexity index is 399. The van der Waals surface area contributed by atoms with Gasteiger partial charge in [-0.05, 0) is 13.3 Å². The monoisotopic (exact) mass is 346 g/mol. The zero-order chi connectivity index (χ0) is 18.0. The fraction of sp³-hybridized carbons (Fsp3) is 0.792. The molecule has 1 heterocycles. The number of pyridine rings is 1. The molecule has 0 fully saturated rings. The van der Waals surface area contributed by atoms with Gasteiger partial charge in [-0.15, -0.1) is 0 Å². The molecule has 0 N–H and O–H groups in total. The zero-order valence-corrected chi connectivity index (χ0v) is 17.3. The van der Waals surface area contributed by atoms with Crippen LogP contribution in [0.25, 0.3) is 0 Å². The van der Waals surface area contributed by atoms with Crippen LogP contribution in [-0.2, 0) is 13.0 Å². The number of unbranched alkanes of at least 4 members (excludes halogenated alkanes) is 14. The molecule has 0 bridgehead atoms. The third-order valence-electron chi connectivity index (χ3n) is 5.41. The first-order valence-electron chi connectivity index (χ1n) is 11.4. The second-order valence-electron chi connectivity index (χ2n) is 7.68. The molecular weight excluding hydrogens is 302 g/mol. The van der Waals surface area contributed by atoms with Crippen LogP contribution in [0.3, 0.4) is 0 Å². The average molecular weight is 347 g/mol. The summed E-state index contributed by atoms with van der Waals surface area (Å²) in [4.78, 5) is 0. The Labute approximate surface area is 158 Å². The number of hydrogen-bond donors (Lipinski definition) is 0. The van der Waals surface area contributed by atoms with Crippen molar-refractivity contribution in [1.82, 2.24) is 0 Å². The highest BCUT2D eigenvalue weighted by molar-refractivity contribution is 4.97. The van der Waals surface area contributed by atoms with Crippen molar-refractivity contribution in [2.24, 2.45) is 0 Å². The third-order valence-corrected chi connectivity index (χ3v) is 5.41. The van der Waals surface area contributed by atoms with E-state index >= 15 is 0 Å². The molecule has 0 aromatic carbocycles. The van der Waals surface area contributed by atoms with Crippen molar-refractivity contribution >= 4 is 0 Å². The second-order valence-corrected chi connectivity index (χ2v) is 7.68. The smallest absolute Gasteiger partial charge is 0.181 e. The molecule has 25 heavy (non-hydrogen) atoms. The Hall–Kier alpha value is -0.850. The van der Waals surface area contributed by atoms with Gasteiger partial charge in [0, 0.05) is 18.6 Å². The molecule has 0 radical (unpaired) electrons. The summed E-state index contributed by atoms with van der Waals surface area (Å²) in [5, 5.41) is 0. The lowest BCUT2D eigenvalue weighted by Gasteiger charge is -2.04. The summed E-state index contributed by atoms with van der Waals surface area (Å²) < 4.78 is 2.38. The van der Waals surface area contributed by atoms with Crippen LogP contribution >= 0.6 is 0 Å². The van der Waals surface area contributed by atoms with Gasteiger partial charge in [0.2, 0.25) is 0 Å². The molecule has 0 aliphatic carbocycles. The first-order valence-corrected chi connectivity index (χ1v) is 11.4. The quantitative estimate of drug-likeness (QED) is 0.204. The van der Waals surface area contributed by atoms with Crippen LogP contribution in [0.15, 0.2) is 24.4 Å². The highest BCUT2D eigenvalue weighted by atomic mass is 14.9. The lowest BCUT2D eigenvalue weighted by Crippen LogP contribution is -2.36. The van der Waals surface area contributed by atoms with Gasteiger partial charge in [0.25, 0.3) is 0 Å². The van der Waals surface area contributed by atoms with E-state index in [2.05, 4.69) is 42.8 Å². The van der Waals surface area contributed by atoms with Gasteiger partial charge in [0.15, 0.2) is 11.9 Å². The summed E-state index contributed by atoms with van der Waals surface area (Å²) in [6, 6.07) is 6.60. The first kappa shape index (κ1) is 22.2. The van der Waals surface area contributed by atoms with Crippen molar-refractivity contribution in [2.45, 2.75) is 123 Å². The Morgan fingerprint density at radius 3 is 1.56 bits per heavy atom. The van der Waals surface area contributed by atoms with E-state index in [4.69, 9.17) is 0 Å². The summed E-state index contributed by atoms with van der Waals surface area (Å²) in [6.45, 7) is 5.62. The normalized spacial score (nSPS) is 11.1. The lowest BCUT2D eigenvalue weighted by atomic mass is 10.0. The van der Waals surface area contributed by atoms with E-state index in [0.29, 0.717) is 0 Å². The molecule has 0 unspecified atom stereocenters. The average Bonchev–Trinajstić information content (AvgIpc) is 2.65. The molecule has 0 atom stereocenters. The molecule has 144 valence electrons. The molecule has 0 saturated carbocycles. The van der Waals surface area contributed by atoms with Crippen molar-refractivity contribution in [3.05, 3.63) is 30.1 Å². The van der Waals surface area contributed by atoms with Crippen LogP contribution in [0.1, 0.15) is 116 Å². The predicted molar refractivity (Wildman–Crippen MR) is 111 cm³/mol. The summed E-state index contributed by atoms with van der Waals surface area (Å²) >= 11 is 0. The Morgan fingerprint density at radius 2 is 1.08 bits per heavy atom. The maximum absolute atomic E-state index is 2.38. The maximum Gasteiger partial charge on any atom is 0.181 e. The van der Waals surface area contributed by atoms with Crippen molar-refractivity contribution in [1.29, 1.82) is 0 Å². The van der Waals surface area contributed by atoms with Crippen molar-refractivity contribution in [3.63, 3.8) is 0 Å². The summed E-state index contributed by atoms with van der Waals surface area (Å²) in [6.07, 6.45) is 25.1. The van der Waals surface area contributed by atoms with E-state index in [1.165, 1.54) is 108 Å². The molecule has 1 aromatic heterocycles. The highest BCUT2D eigenvalue weighted by Crippen LogP contribution is 2.13. The van der Waals surface area contributed by atoms with Crippen LogP contribution in [-0.4, -0.2) is 0 Å². The topological polar surface area (TPSA) is 3.88 Å². The maximum atomic E-state index is 2.38. The number of rotatable bonds is 17. The van der Waals surface area contributed by atoms with E-state index < -0.39 is 0 Å². The van der Waals surface area contributed by atoms with E-state index in [-0.39, 0.29) is 0 Å². The largest absolute Gasteiger partial charge is 0.203 e. The van der Waals surface area contributed by atoms with Gasteiger partial charge in [-0.2, -0.15) is 0 Å². The molecule has 1 aromatic rings. The Morgan fingerprint density at radius 1 is 0.600 bits per heavy atom. The van der Waals surface area contributed by atoms with Crippen LogP contribution in [0, 0.1) is 0 Å². The van der Waals surface area contributed by atoms with Crippen molar-refractivity contribution in [2.75, 3.05) is 0 Å². The van der Waals surface area contributed by atoms with Gasteiger partial charge in [-0.3, -0.25) is 0 Å². The minimum absolute atomic E-state index is 1.09. The third kappa shape index (κ3) is 12.2. The van der Waals surface area contributed by atoms with Crippen molar-refractivity contribution in [3.8, 4) is 0 Å². The van der Waals surface area contributed by atoms with Crippen LogP contribution in [0.2, 0.25) is 0 Å². The minimum Gasteiger partial charge on any atom is -0.203 e. The van der Waals surface area contributed by atoms with Gasteiger partial charge < -0.3 is 0 Å². The van der Waals surface area contributed by atoms with Crippen LogP contribution < -0.4 is 4.57 Å². The van der Waals surface area contributed by atoms with Crippen LogP contribution in [0.4, 0.5) is 0 Å². The lowest BCUT2D eigenvalue weighted by molar-refractivity contribution is -0.700. The fourth-order valence-corrected chi connectivity index (χ4v) is 3.72. The van der Waals surface area contributed by atoms with Gasteiger partial charge in [-0.25, -0.2) is 4.57 Å². The second kappa shape index (κ2) is 16.6. The minimum atomic E-state index is 1.09. The van der Waals surface area contributed by atoms with Gasteiger partial charge >= 0.3 is 0 Å². The Balaban J connectivity index is 1.82. The van der Waals surface area contributed by atoms with E-state index in [0.717, 1.165) is 6.54 Å². The molecule has 0 aliphatic heterocycles. The Kier molecular flexibility index (Phi) is 14.7. The molecule has 1 heteroatoms. The number of nitrogens with zero attached hydrogens (tertiary/aromatic N) is 1. The summed E-state index contributed by atoms with van der Waals surface area (Å²) in [5.74, 6) is 0. The number of aryl methyl sites for hydroxylation is 2. The number of aromatic nitrogens is 1. The highest BCUT2D eigenvalue weighted by Gasteiger charge is 2.06. The van der Waals surface area contributed by atoms with Gasteiger partial charge in [-0.1, -0.05) is 103 Å². The molecule has 1 nitrogen and oxygen atoms in total. The zero-order valence-electron chi connectivity index (χ0n) is 17.3. The number of hydrogen-bond acceptors (Lipinski definition) is 0. The molecule has 1 rings (SSSR count). The first-order chi connectivity index (χ1) is 12.4. The summed E-state index contributed by atoms with van der Waals surface area (Å²) in [5.41, 5.74) is 1.50. The van der Waals surface area contributed by atoms with Crippen molar-refractivity contribution < 1.29 is 4.57 Å². The van der Waals surface area contributed by atoms with E-state index in [1.54, 1.807) is 0 Å². The van der Waals surface area contributed by atoms with Crippen LogP contribution in [0.5, 0.6) is 0 Å². The van der Waals surface area contributed by atoms with Gasteiger partial charge in [0.1, 0.15) is 6.54 Å². The molecular formula is C24H44N+.